The molecule has 4 rings (SSSR count). The summed E-state index contributed by atoms with van der Waals surface area (Å²) >= 11 is 0. The Bertz CT molecular complexity index is 1020. The van der Waals surface area contributed by atoms with E-state index in [0.717, 1.165) is 32.8 Å². The van der Waals surface area contributed by atoms with Gasteiger partial charge in [-0.1, -0.05) is 0 Å². The zero-order valence-electron chi connectivity index (χ0n) is 13.7. The fourth-order valence-electron chi connectivity index (χ4n) is 3.24. The minimum atomic E-state index is -0.349. The quantitative estimate of drug-likeness (QED) is 0.608. The van der Waals surface area contributed by atoms with E-state index in [0.29, 0.717) is 29.3 Å². The van der Waals surface area contributed by atoms with Crippen molar-refractivity contribution in [1.29, 1.82) is 0 Å². The summed E-state index contributed by atoms with van der Waals surface area (Å²) in [5.41, 5.74) is 0.0475. The maximum atomic E-state index is 12.9. The third kappa shape index (κ3) is 2.28. The van der Waals surface area contributed by atoms with Gasteiger partial charge >= 0.3 is 11.5 Å². The van der Waals surface area contributed by atoms with E-state index < -0.39 is 0 Å². The van der Waals surface area contributed by atoms with Crippen molar-refractivity contribution in [2.24, 2.45) is 7.05 Å². The molecule has 0 saturated carbocycles. The van der Waals surface area contributed by atoms with Crippen LogP contribution in [0.25, 0.3) is 17.0 Å². The Morgan fingerprint density at radius 3 is 2.79 bits per heavy atom. The van der Waals surface area contributed by atoms with Crippen molar-refractivity contribution in [2.45, 2.75) is 13.5 Å². The molecule has 0 unspecified atom stereocenters. The number of rotatable bonds is 3. The summed E-state index contributed by atoms with van der Waals surface area (Å²) in [7, 11) is 1.63. The van der Waals surface area contributed by atoms with E-state index in [-0.39, 0.29) is 11.2 Å². The van der Waals surface area contributed by atoms with Gasteiger partial charge in [-0.15, -0.1) is 0 Å². The number of nitrogens with zero attached hydrogens (tertiary/aromatic N) is 4. The number of morpholine rings is 1. The van der Waals surface area contributed by atoms with Crippen molar-refractivity contribution < 1.29 is 14.1 Å². The van der Waals surface area contributed by atoms with Crippen LogP contribution in [0, 0.1) is 6.92 Å². The van der Waals surface area contributed by atoms with Crippen molar-refractivity contribution in [2.75, 3.05) is 32.8 Å². The highest BCUT2D eigenvalue weighted by Gasteiger charge is 2.20. The molecule has 1 saturated heterocycles. The SMILES string of the molecule is Cc1cn2c(nc3c2c(=O)n(CC[NH+]2CCOCC2)c(=O)n3C)o1. The van der Waals surface area contributed by atoms with Crippen LogP contribution in [0.5, 0.6) is 0 Å². The first-order valence-electron chi connectivity index (χ1n) is 8.05. The molecule has 128 valence electrons. The molecule has 4 heterocycles. The highest BCUT2D eigenvalue weighted by molar-refractivity contribution is 5.74. The molecule has 0 amide bonds. The summed E-state index contributed by atoms with van der Waals surface area (Å²) in [5, 5.41) is 0. The summed E-state index contributed by atoms with van der Waals surface area (Å²) in [6, 6.07) is 0. The zero-order chi connectivity index (χ0) is 16.8. The molecule has 9 heteroatoms. The van der Waals surface area contributed by atoms with E-state index in [1.165, 1.54) is 14.0 Å². The molecule has 1 fully saturated rings. The Morgan fingerprint density at radius 2 is 2.04 bits per heavy atom. The van der Waals surface area contributed by atoms with E-state index in [9.17, 15) is 9.59 Å². The van der Waals surface area contributed by atoms with Crippen LogP contribution >= 0.6 is 0 Å². The molecule has 1 aliphatic rings. The van der Waals surface area contributed by atoms with Crippen LogP contribution in [-0.2, 0) is 18.3 Å². The van der Waals surface area contributed by atoms with E-state index in [1.807, 2.05) is 0 Å². The second-order valence-corrected chi connectivity index (χ2v) is 6.19. The van der Waals surface area contributed by atoms with Gasteiger partial charge in [-0.3, -0.25) is 18.3 Å². The second-order valence-electron chi connectivity index (χ2n) is 6.19. The smallest absolute Gasteiger partial charge is 0.332 e. The van der Waals surface area contributed by atoms with Crippen LogP contribution < -0.4 is 16.1 Å². The Morgan fingerprint density at radius 1 is 1.29 bits per heavy atom. The molecule has 0 aromatic carbocycles. The molecule has 0 spiro atoms. The predicted octanol–water partition coefficient (Wildman–Crippen LogP) is -1.84. The van der Waals surface area contributed by atoms with Gasteiger partial charge in [0, 0.05) is 7.05 Å². The van der Waals surface area contributed by atoms with Crippen LogP contribution in [-0.4, -0.2) is 51.4 Å². The topological polar surface area (TPSA) is 88.1 Å². The summed E-state index contributed by atoms with van der Waals surface area (Å²) < 4.78 is 15.1. The highest BCUT2D eigenvalue weighted by Crippen LogP contribution is 2.14. The van der Waals surface area contributed by atoms with Gasteiger partial charge in [-0.2, -0.15) is 4.98 Å². The third-order valence-electron chi connectivity index (χ3n) is 4.60. The molecule has 3 aromatic rings. The number of fused-ring (bicyclic) bond motifs is 3. The van der Waals surface area contributed by atoms with Gasteiger partial charge in [0.2, 0.25) is 0 Å². The largest absolute Gasteiger partial charge is 0.428 e. The van der Waals surface area contributed by atoms with Crippen molar-refractivity contribution in [3.63, 3.8) is 0 Å². The normalized spacial score (nSPS) is 16.4. The average Bonchev–Trinajstić information content (AvgIpc) is 3.09. The maximum Gasteiger partial charge on any atom is 0.332 e. The van der Waals surface area contributed by atoms with E-state index >= 15 is 0 Å². The Balaban J connectivity index is 1.80. The van der Waals surface area contributed by atoms with Crippen LogP contribution in [0.3, 0.4) is 0 Å². The van der Waals surface area contributed by atoms with Crippen LogP contribution in [0.15, 0.2) is 20.2 Å². The van der Waals surface area contributed by atoms with Gasteiger partial charge in [0.05, 0.1) is 32.5 Å². The molecule has 0 atom stereocenters. The molecule has 24 heavy (non-hydrogen) atoms. The number of nitrogens with one attached hydrogen (secondary N) is 1. The number of hydrogen-bond acceptors (Lipinski definition) is 5. The van der Waals surface area contributed by atoms with Crippen molar-refractivity contribution in [3.05, 3.63) is 32.8 Å². The van der Waals surface area contributed by atoms with Crippen LogP contribution in [0.4, 0.5) is 0 Å². The van der Waals surface area contributed by atoms with E-state index in [4.69, 9.17) is 9.15 Å². The fourth-order valence-corrected chi connectivity index (χ4v) is 3.24. The zero-order valence-corrected chi connectivity index (χ0v) is 13.7. The first kappa shape index (κ1) is 15.2. The van der Waals surface area contributed by atoms with E-state index in [2.05, 4.69) is 4.98 Å². The van der Waals surface area contributed by atoms with Crippen LogP contribution in [0.1, 0.15) is 5.76 Å². The number of hydrogen-bond donors (Lipinski definition) is 1. The number of aryl methyl sites for hydroxylation is 2. The predicted molar refractivity (Wildman–Crippen MR) is 85.6 cm³/mol. The lowest BCUT2D eigenvalue weighted by Crippen LogP contribution is -3.14. The van der Waals surface area contributed by atoms with Crippen molar-refractivity contribution in [1.82, 2.24) is 18.5 Å². The van der Waals surface area contributed by atoms with Crippen molar-refractivity contribution in [3.8, 4) is 0 Å². The average molecular weight is 334 g/mol. The van der Waals surface area contributed by atoms with Gasteiger partial charge in [-0.05, 0) is 6.92 Å². The minimum absolute atomic E-state index is 0.325. The lowest BCUT2D eigenvalue weighted by molar-refractivity contribution is -0.908. The lowest BCUT2D eigenvalue weighted by Gasteiger charge is -2.23. The monoisotopic (exact) mass is 334 g/mol. The minimum Gasteiger partial charge on any atom is -0.428 e. The molecule has 0 radical (unpaired) electrons. The van der Waals surface area contributed by atoms with Crippen molar-refractivity contribution >= 4 is 17.0 Å². The summed E-state index contributed by atoms with van der Waals surface area (Å²) in [4.78, 5) is 31.0. The number of oxazole rings is 1. The second kappa shape index (κ2) is 5.60. The first-order valence-corrected chi connectivity index (χ1v) is 8.05. The molecule has 1 aliphatic heterocycles. The summed E-state index contributed by atoms with van der Waals surface area (Å²) in [6.07, 6.45) is 1.72. The molecule has 9 nitrogen and oxygen atoms in total. The Labute approximate surface area is 136 Å². The van der Waals surface area contributed by atoms with Crippen LogP contribution in [0.2, 0.25) is 0 Å². The van der Waals surface area contributed by atoms with Gasteiger partial charge in [0.25, 0.3) is 5.56 Å². The lowest BCUT2D eigenvalue weighted by atomic mass is 10.4. The molecule has 0 aliphatic carbocycles. The molecule has 1 N–H and O–H groups in total. The maximum absolute atomic E-state index is 12.9. The van der Waals surface area contributed by atoms with Gasteiger partial charge in [-0.25, -0.2) is 4.79 Å². The number of quaternary nitrogens is 1. The molecular weight excluding hydrogens is 314 g/mol. The Kier molecular flexibility index (Phi) is 3.54. The number of ether oxygens (including phenoxy) is 1. The summed E-state index contributed by atoms with van der Waals surface area (Å²) in [5.74, 6) is 0.989. The third-order valence-corrected chi connectivity index (χ3v) is 4.60. The number of aromatic nitrogens is 4. The first-order chi connectivity index (χ1) is 11.6. The summed E-state index contributed by atoms with van der Waals surface area (Å²) in [6.45, 7) is 6.13. The highest BCUT2D eigenvalue weighted by atomic mass is 16.5. The van der Waals surface area contributed by atoms with E-state index in [1.54, 1.807) is 24.6 Å². The molecule has 3 aromatic heterocycles. The van der Waals surface area contributed by atoms with Gasteiger partial charge < -0.3 is 14.1 Å². The number of imidazole rings is 1. The standard InChI is InChI=1S/C15H19N5O4/c1-10-9-20-11-12(16-14(20)24-10)17(2)15(22)19(13(11)21)4-3-18-5-7-23-8-6-18/h9H,3-8H2,1-2H3/p+1. The van der Waals surface area contributed by atoms with Gasteiger partial charge in [0.1, 0.15) is 18.8 Å². The van der Waals surface area contributed by atoms with Gasteiger partial charge in [0.15, 0.2) is 11.2 Å². The fraction of sp³-hybridized carbons (Fsp3) is 0.533. The Hall–Kier alpha value is -2.39. The molecular formula is C15H20N5O4+. The molecule has 0 bridgehead atoms.